The van der Waals surface area contributed by atoms with Crippen LogP contribution in [0.1, 0.15) is 31.2 Å². The number of hydrogen-bond acceptors (Lipinski definition) is 3. The summed E-state index contributed by atoms with van der Waals surface area (Å²) in [7, 11) is 0. The Balaban J connectivity index is 1.70. The molecule has 1 unspecified atom stereocenters. The quantitative estimate of drug-likeness (QED) is 0.807. The fourth-order valence-corrected chi connectivity index (χ4v) is 2.42. The maximum atomic E-state index is 9.75. The van der Waals surface area contributed by atoms with E-state index in [1.54, 1.807) is 6.07 Å². The van der Waals surface area contributed by atoms with Crippen molar-refractivity contribution in [1.29, 1.82) is 0 Å². The van der Waals surface area contributed by atoms with Gasteiger partial charge in [-0.25, -0.2) is 0 Å². The highest BCUT2D eigenvalue weighted by molar-refractivity contribution is 6.32. The van der Waals surface area contributed by atoms with Gasteiger partial charge in [0.25, 0.3) is 0 Å². The Morgan fingerprint density at radius 1 is 1.39 bits per heavy atom. The first-order chi connectivity index (χ1) is 8.77. The van der Waals surface area contributed by atoms with Gasteiger partial charge in [-0.3, -0.25) is 0 Å². The minimum Gasteiger partial charge on any atom is -0.506 e. The van der Waals surface area contributed by atoms with E-state index in [1.165, 1.54) is 19.3 Å². The minimum absolute atomic E-state index is 0.181. The fraction of sp³-hybridized carbons (Fsp3) is 0.571. The van der Waals surface area contributed by atoms with Crippen LogP contribution in [0, 0.1) is 0 Å². The van der Waals surface area contributed by atoms with E-state index >= 15 is 0 Å². The molecule has 2 N–H and O–H groups in total. The van der Waals surface area contributed by atoms with Crippen molar-refractivity contribution >= 4 is 11.6 Å². The summed E-state index contributed by atoms with van der Waals surface area (Å²) in [6.45, 7) is 2.44. The predicted octanol–water partition coefficient (Wildman–Crippen LogP) is 3.09. The van der Waals surface area contributed by atoms with Crippen molar-refractivity contribution in [1.82, 2.24) is 5.32 Å². The summed E-state index contributed by atoms with van der Waals surface area (Å²) in [6.07, 6.45) is 5.07. The molecule has 100 valence electrons. The number of benzene rings is 1. The molecule has 0 amide bonds. The third-order valence-corrected chi connectivity index (χ3v) is 3.61. The Labute approximate surface area is 113 Å². The zero-order valence-electron chi connectivity index (χ0n) is 10.5. The van der Waals surface area contributed by atoms with Crippen LogP contribution in [0.25, 0.3) is 0 Å². The summed E-state index contributed by atoms with van der Waals surface area (Å²) in [6, 6.07) is 5.42. The molecule has 0 aromatic heterocycles. The maximum absolute atomic E-state index is 9.75. The number of phenolic OH excluding ortho intramolecular Hbond substituents is 1. The van der Waals surface area contributed by atoms with E-state index in [0.717, 1.165) is 25.1 Å². The van der Waals surface area contributed by atoms with Crippen LogP contribution in [0.15, 0.2) is 18.2 Å². The van der Waals surface area contributed by atoms with Crippen molar-refractivity contribution in [2.75, 3.05) is 13.2 Å². The average Bonchev–Trinajstić information content (AvgIpc) is 2.40. The van der Waals surface area contributed by atoms with Crippen molar-refractivity contribution in [2.24, 2.45) is 0 Å². The molecule has 4 heteroatoms. The summed E-state index contributed by atoms with van der Waals surface area (Å²) >= 11 is 5.85. The third kappa shape index (κ3) is 3.87. The second-order valence-electron chi connectivity index (χ2n) is 4.70. The van der Waals surface area contributed by atoms with Gasteiger partial charge in [0.15, 0.2) is 0 Å². The Kier molecular flexibility index (Phi) is 5.29. The van der Waals surface area contributed by atoms with Crippen LogP contribution < -0.4 is 5.32 Å². The number of nitrogens with one attached hydrogen (secondary N) is 1. The van der Waals surface area contributed by atoms with Gasteiger partial charge >= 0.3 is 0 Å². The van der Waals surface area contributed by atoms with Crippen LogP contribution in [0.5, 0.6) is 5.75 Å². The van der Waals surface area contributed by atoms with Gasteiger partial charge in [-0.05, 0) is 38.3 Å². The molecule has 1 fully saturated rings. The first-order valence-electron chi connectivity index (χ1n) is 6.56. The lowest BCUT2D eigenvalue weighted by molar-refractivity contribution is 0.0115. The molecule has 0 radical (unpaired) electrons. The number of ether oxygens (including phenoxy) is 1. The third-order valence-electron chi connectivity index (χ3n) is 3.30. The molecule has 0 aliphatic carbocycles. The second-order valence-corrected chi connectivity index (χ2v) is 5.11. The van der Waals surface area contributed by atoms with Crippen LogP contribution in [0.3, 0.4) is 0 Å². The van der Waals surface area contributed by atoms with Gasteiger partial charge in [0.1, 0.15) is 5.75 Å². The molecule has 1 aromatic carbocycles. The van der Waals surface area contributed by atoms with E-state index < -0.39 is 0 Å². The number of rotatable bonds is 5. The highest BCUT2D eigenvalue weighted by atomic mass is 35.5. The molecular weight excluding hydrogens is 250 g/mol. The number of para-hydroxylation sites is 1. The molecular formula is C14H20ClNO2. The van der Waals surface area contributed by atoms with Crippen molar-refractivity contribution < 1.29 is 9.84 Å². The average molecular weight is 270 g/mol. The first-order valence-corrected chi connectivity index (χ1v) is 6.94. The van der Waals surface area contributed by atoms with E-state index in [9.17, 15) is 5.11 Å². The molecule has 0 saturated carbocycles. The number of halogens is 1. The molecule has 1 aliphatic heterocycles. The van der Waals surface area contributed by atoms with Crippen molar-refractivity contribution in [3.05, 3.63) is 28.8 Å². The van der Waals surface area contributed by atoms with Crippen LogP contribution >= 0.6 is 11.6 Å². The topological polar surface area (TPSA) is 41.5 Å². The fourth-order valence-electron chi connectivity index (χ4n) is 2.22. The molecule has 18 heavy (non-hydrogen) atoms. The normalized spacial score (nSPS) is 19.9. The summed E-state index contributed by atoms with van der Waals surface area (Å²) in [4.78, 5) is 0. The first kappa shape index (κ1) is 13.7. The lowest BCUT2D eigenvalue weighted by Crippen LogP contribution is -2.25. The van der Waals surface area contributed by atoms with E-state index in [1.807, 2.05) is 12.1 Å². The van der Waals surface area contributed by atoms with Crippen LogP contribution in [-0.2, 0) is 11.3 Å². The standard InChI is InChI=1S/C14H20ClNO2/c15-13-6-3-4-11(14(13)17)10-16-8-7-12-5-1-2-9-18-12/h3-4,6,12,16-17H,1-2,5,7-10H2. The monoisotopic (exact) mass is 269 g/mol. The Morgan fingerprint density at radius 2 is 2.28 bits per heavy atom. The molecule has 0 bridgehead atoms. The van der Waals surface area contributed by atoms with Gasteiger partial charge in [0, 0.05) is 18.7 Å². The Hall–Kier alpha value is -0.770. The molecule has 1 heterocycles. The van der Waals surface area contributed by atoms with E-state index in [4.69, 9.17) is 16.3 Å². The molecule has 2 rings (SSSR count). The summed E-state index contributed by atoms with van der Waals surface area (Å²) in [5.41, 5.74) is 0.840. The van der Waals surface area contributed by atoms with Crippen molar-refractivity contribution in [3.8, 4) is 5.75 Å². The van der Waals surface area contributed by atoms with Crippen molar-refractivity contribution in [3.63, 3.8) is 0 Å². The van der Waals surface area contributed by atoms with Crippen LogP contribution in [-0.4, -0.2) is 24.4 Å². The van der Waals surface area contributed by atoms with Gasteiger partial charge in [0.05, 0.1) is 11.1 Å². The summed E-state index contributed by atoms with van der Waals surface area (Å²) < 4.78 is 5.66. The van der Waals surface area contributed by atoms with Crippen molar-refractivity contribution in [2.45, 2.75) is 38.3 Å². The van der Waals surface area contributed by atoms with Gasteiger partial charge in [-0.2, -0.15) is 0 Å². The van der Waals surface area contributed by atoms with Crippen LogP contribution in [0.4, 0.5) is 0 Å². The maximum Gasteiger partial charge on any atom is 0.138 e. The van der Waals surface area contributed by atoms with Gasteiger partial charge < -0.3 is 15.2 Å². The largest absolute Gasteiger partial charge is 0.506 e. The second kappa shape index (κ2) is 6.98. The van der Waals surface area contributed by atoms with E-state index in [0.29, 0.717) is 17.7 Å². The Bertz CT molecular complexity index is 378. The number of aromatic hydroxyl groups is 1. The van der Waals surface area contributed by atoms with Gasteiger partial charge in [-0.15, -0.1) is 0 Å². The predicted molar refractivity (Wildman–Crippen MR) is 73.0 cm³/mol. The number of phenols is 1. The minimum atomic E-state index is 0.181. The van der Waals surface area contributed by atoms with E-state index in [-0.39, 0.29) is 5.75 Å². The highest BCUT2D eigenvalue weighted by Gasteiger charge is 2.13. The molecule has 1 aromatic rings. The molecule has 1 atom stereocenters. The summed E-state index contributed by atoms with van der Waals surface area (Å²) in [5.74, 6) is 0.181. The van der Waals surface area contributed by atoms with E-state index in [2.05, 4.69) is 5.32 Å². The van der Waals surface area contributed by atoms with Gasteiger partial charge in [-0.1, -0.05) is 23.7 Å². The highest BCUT2D eigenvalue weighted by Crippen LogP contribution is 2.26. The Morgan fingerprint density at radius 3 is 3.06 bits per heavy atom. The lowest BCUT2D eigenvalue weighted by atomic mass is 10.1. The molecule has 1 aliphatic rings. The molecule has 3 nitrogen and oxygen atoms in total. The van der Waals surface area contributed by atoms with Crippen LogP contribution in [0.2, 0.25) is 5.02 Å². The molecule has 1 saturated heterocycles. The van der Waals surface area contributed by atoms with Gasteiger partial charge in [0.2, 0.25) is 0 Å². The smallest absolute Gasteiger partial charge is 0.138 e. The zero-order valence-corrected chi connectivity index (χ0v) is 11.2. The summed E-state index contributed by atoms with van der Waals surface area (Å²) in [5, 5.41) is 13.5. The SMILES string of the molecule is Oc1c(Cl)cccc1CNCCC1CCCCO1. The molecule has 0 spiro atoms. The zero-order chi connectivity index (χ0) is 12.8. The lowest BCUT2D eigenvalue weighted by Gasteiger charge is -2.22. The number of hydrogen-bond donors (Lipinski definition) is 2.